The molecule has 0 saturated heterocycles. The molecule has 0 aromatic heterocycles. The minimum Gasteiger partial charge on any atom is -0.480 e. The first-order chi connectivity index (χ1) is 15.3. The number of fused-ring (bicyclic) bond motifs is 3. The van der Waals surface area contributed by atoms with Crippen LogP contribution in [0.3, 0.4) is 0 Å². The van der Waals surface area contributed by atoms with Crippen LogP contribution in [-0.2, 0) is 16.0 Å². The lowest BCUT2D eigenvalue weighted by atomic mass is 9.94. The van der Waals surface area contributed by atoms with Gasteiger partial charge in [-0.25, -0.2) is 9.59 Å². The third kappa shape index (κ3) is 4.24. The number of hydrogen-bond acceptors (Lipinski definition) is 3. The van der Waals surface area contributed by atoms with Gasteiger partial charge in [0.25, 0.3) is 0 Å². The number of benzene rings is 3. The molecule has 32 heavy (non-hydrogen) atoms. The molecule has 0 aliphatic heterocycles. The molecule has 0 fully saturated rings. The van der Waals surface area contributed by atoms with Crippen molar-refractivity contribution in [3.63, 3.8) is 0 Å². The highest BCUT2D eigenvalue weighted by molar-refractivity contribution is 5.81. The maximum Gasteiger partial charge on any atom is 0.407 e. The summed E-state index contributed by atoms with van der Waals surface area (Å²) in [6, 6.07) is 19.2. The van der Waals surface area contributed by atoms with E-state index in [-0.39, 0.29) is 18.9 Å². The van der Waals surface area contributed by atoms with E-state index in [1.54, 1.807) is 0 Å². The molecule has 1 aliphatic carbocycles. The Balaban J connectivity index is 1.46. The predicted octanol–water partition coefficient (Wildman–Crippen LogP) is 5.15. The number of ether oxygens (including phenoxy) is 1. The van der Waals surface area contributed by atoms with Crippen LogP contribution in [0.2, 0.25) is 0 Å². The molecule has 3 aromatic carbocycles. The van der Waals surface area contributed by atoms with Gasteiger partial charge in [0.15, 0.2) is 0 Å². The average Bonchev–Trinajstić information content (AvgIpc) is 3.07. The van der Waals surface area contributed by atoms with Crippen LogP contribution in [0.15, 0.2) is 60.7 Å². The quantitative estimate of drug-likeness (QED) is 0.568. The van der Waals surface area contributed by atoms with Crippen molar-refractivity contribution in [1.82, 2.24) is 5.32 Å². The van der Waals surface area contributed by atoms with Crippen LogP contribution in [0.1, 0.15) is 39.3 Å². The molecular formula is C27H27NO4. The van der Waals surface area contributed by atoms with Gasteiger partial charge in [0.05, 0.1) is 0 Å². The monoisotopic (exact) mass is 429 g/mol. The third-order valence-corrected chi connectivity index (χ3v) is 6.18. The zero-order chi connectivity index (χ0) is 22.8. The molecule has 5 heteroatoms. The van der Waals surface area contributed by atoms with Gasteiger partial charge in [-0.3, -0.25) is 0 Å². The molecule has 0 spiro atoms. The summed E-state index contributed by atoms with van der Waals surface area (Å²) in [7, 11) is 0. The van der Waals surface area contributed by atoms with Crippen molar-refractivity contribution in [3.8, 4) is 11.1 Å². The second-order valence-electron chi connectivity index (χ2n) is 8.44. The number of alkyl carbamates (subject to hydrolysis) is 1. The predicted molar refractivity (Wildman–Crippen MR) is 124 cm³/mol. The van der Waals surface area contributed by atoms with E-state index in [1.165, 1.54) is 0 Å². The molecule has 0 radical (unpaired) electrons. The van der Waals surface area contributed by atoms with Crippen molar-refractivity contribution in [2.24, 2.45) is 0 Å². The summed E-state index contributed by atoms with van der Waals surface area (Å²) in [5, 5.41) is 12.2. The van der Waals surface area contributed by atoms with Crippen LogP contribution in [0, 0.1) is 20.8 Å². The number of aryl methyl sites for hydroxylation is 3. The second kappa shape index (κ2) is 8.87. The Kier molecular flexibility index (Phi) is 5.99. The summed E-state index contributed by atoms with van der Waals surface area (Å²) in [4.78, 5) is 24.4. The normalized spacial score (nSPS) is 13.2. The Morgan fingerprint density at radius 1 is 0.938 bits per heavy atom. The van der Waals surface area contributed by atoms with Crippen molar-refractivity contribution in [1.29, 1.82) is 0 Å². The van der Waals surface area contributed by atoms with Gasteiger partial charge in [-0.15, -0.1) is 0 Å². The van der Waals surface area contributed by atoms with E-state index >= 15 is 0 Å². The summed E-state index contributed by atoms with van der Waals surface area (Å²) in [5.74, 6) is -1.16. The van der Waals surface area contributed by atoms with Gasteiger partial charge < -0.3 is 15.2 Å². The summed E-state index contributed by atoms with van der Waals surface area (Å²) < 4.78 is 5.52. The second-order valence-corrected chi connectivity index (χ2v) is 8.44. The zero-order valence-electron chi connectivity index (χ0n) is 18.5. The number of aliphatic carboxylic acids is 1. The van der Waals surface area contributed by atoms with E-state index in [4.69, 9.17) is 4.74 Å². The smallest absolute Gasteiger partial charge is 0.407 e. The Labute approximate surface area is 188 Å². The number of rotatable bonds is 6. The van der Waals surface area contributed by atoms with Crippen LogP contribution in [0.25, 0.3) is 11.1 Å². The summed E-state index contributed by atoms with van der Waals surface area (Å²) in [6.07, 6.45) is -0.515. The van der Waals surface area contributed by atoms with Gasteiger partial charge in [-0.2, -0.15) is 0 Å². The Morgan fingerprint density at radius 3 is 2.00 bits per heavy atom. The van der Waals surface area contributed by atoms with Crippen LogP contribution >= 0.6 is 0 Å². The Morgan fingerprint density at radius 2 is 1.47 bits per heavy atom. The van der Waals surface area contributed by atoms with Crippen molar-refractivity contribution in [3.05, 3.63) is 94.0 Å². The summed E-state index contributed by atoms with van der Waals surface area (Å²) >= 11 is 0. The minimum atomic E-state index is -1.09. The van der Waals surface area contributed by atoms with Gasteiger partial charge in [-0.05, 0) is 59.7 Å². The maximum absolute atomic E-state index is 12.6. The summed E-state index contributed by atoms with van der Waals surface area (Å²) in [5.41, 5.74) is 8.61. The standard InChI is InChI=1S/C27H27NO4/c1-16-12-17(2)23(18(3)13-16)14-25(26(29)30)28-27(31)32-15-24-21-10-6-4-8-19(21)20-9-5-7-11-22(20)24/h4-13,24-25H,14-15H2,1-3H3,(H,28,31)(H,29,30)/t25-/m1/s1. The Bertz CT molecular complexity index is 1120. The molecule has 1 aliphatic rings. The number of hydrogen-bond donors (Lipinski definition) is 2. The lowest BCUT2D eigenvalue weighted by molar-refractivity contribution is -0.139. The molecule has 0 heterocycles. The highest BCUT2D eigenvalue weighted by atomic mass is 16.5. The fourth-order valence-corrected chi connectivity index (χ4v) is 4.72. The Hall–Kier alpha value is -3.60. The highest BCUT2D eigenvalue weighted by Crippen LogP contribution is 2.44. The third-order valence-electron chi connectivity index (χ3n) is 6.18. The minimum absolute atomic E-state index is 0.0713. The largest absolute Gasteiger partial charge is 0.480 e. The average molecular weight is 430 g/mol. The molecule has 3 aromatic rings. The SMILES string of the molecule is Cc1cc(C)c(C[C@@H](NC(=O)OCC2c3ccccc3-c3ccccc32)C(=O)O)c(C)c1. The molecule has 2 N–H and O–H groups in total. The van der Waals surface area contributed by atoms with Gasteiger partial charge in [0.1, 0.15) is 12.6 Å². The van der Waals surface area contributed by atoms with Crippen LogP contribution in [0.4, 0.5) is 4.79 Å². The maximum atomic E-state index is 12.6. The van der Waals surface area contributed by atoms with E-state index in [0.29, 0.717) is 0 Å². The summed E-state index contributed by atoms with van der Waals surface area (Å²) in [6.45, 7) is 6.07. The molecule has 1 atom stereocenters. The zero-order valence-corrected chi connectivity index (χ0v) is 18.5. The lowest BCUT2D eigenvalue weighted by Crippen LogP contribution is -2.43. The molecule has 0 bridgehead atoms. The molecule has 0 unspecified atom stereocenters. The number of carboxylic acid groups (broad SMARTS) is 1. The number of amides is 1. The number of carbonyl (C=O) groups excluding carboxylic acids is 1. The first-order valence-electron chi connectivity index (χ1n) is 10.8. The van der Waals surface area contributed by atoms with Crippen LogP contribution in [0.5, 0.6) is 0 Å². The van der Waals surface area contributed by atoms with Gasteiger partial charge >= 0.3 is 12.1 Å². The fraction of sp³-hybridized carbons (Fsp3) is 0.259. The van der Waals surface area contributed by atoms with Gasteiger partial charge in [-0.1, -0.05) is 66.2 Å². The molecule has 0 saturated carbocycles. The van der Waals surface area contributed by atoms with Crippen molar-refractivity contribution >= 4 is 12.1 Å². The van der Waals surface area contributed by atoms with E-state index in [1.807, 2.05) is 69.3 Å². The van der Waals surface area contributed by atoms with E-state index in [0.717, 1.165) is 44.5 Å². The highest BCUT2D eigenvalue weighted by Gasteiger charge is 2.30. The topological polar surface area (TPSA) is 75.6 Å². The first-order valence-corrected chi connectivity index (χ1v) is 10.8. The van der Waals surface area contributed by atoms with E-state index in [2.05, 4.69) is 17.4 Å². The van der Waals surface area contributed by atoms with Crippen molar-refractivity contribution in [2.75, 3.05) is 6.61 Å². The first kappa shape index (κ1) is 21.6. The lowest BCUT2D eigenvalue weighted by Gasteiger charge is -2.19. The molecule has 164 valence electrons. The number of carboxylic acids is 1. The van der Waals surface area contributed by atoms with Gasteiger partial charge in [0.2, 0.25) is 0 Å². The molecule has 1 amide bonds. The number of carbonyl (C=O) groups is 2. The number of nitrogens with one attached hydrogen (secondary N) is 1. The molecule has 5 nitrogen and oxygen atoms in total. The molecular weight excluding hydrogens is 402 g/mol. The van der Waals surface area contributed by atoms with E-state index in [9.17, 15) is 14.7 Å². The van der Waals surface area contributed by atoms with Crippen molar-refractivity contribution < 1.29 is 19.4 Å². The van der Waals surface area contributed by atoms with Gasteiger partial charge in [0, 0.05) is 12.3 Å². The fourth-order valence-electron chi connectivity index (χ4n) is 4.72. The van der Waals surface area contributed by atoms with Crippen LogP contribution < -0.4 is 5.32 Å². The van der Waals surface area contributed by atoms with Crippen molar-refractivity contribution in [2.45, 2.75) is 39.2 Å². The van der Waals surface area contributed by atoms with E-state index < -0.39 is 18.1 Å². The molecule has 4 rings (SSSR count). The van der Waals surface area contributed by atoms with Crippen LogP contribution in [-0.4, -0.2) is 29.8 Å².